The van der Waals surface area contributed by atoms with Crippen molar-refractivity contribution in [3.05, 3.63) is 52.5 Å². The summed E-state index contributed by atoms with van der Waals surface area (Å²) in [4.78, 5) is 2.73. The van der Waals surface area contributed by atoms with E-state index in [2.05, 4.69) is 75.9 Å². The molecular weight excluding hydrogens is 301 g/mol. The van der Waals surface area contributed by atoms with Crippen LogP contribution in [0.15, 0.2) is 46.9 Å². The van der Waals surface area contributed by atoms with Crippen molar-refractivity contribution in [3.63, 3.8) is 0 Å². The van der Waals surface area contributed by atoms with Crippen LogP contribution in [-0.2, 0) is 0 Å². The van der Waals surface area contributed by atoms with E-state index in [1.165, 1.54) is 26.9 Å². The molecule has 0 aliphatic heterocycles. The molecule has 0 fully saturated rings. The average molecular weight is 331 g/mol. The fourth-order valence-electron chi connectivity index (χ4n) is 2.65. The monoisotopic (exact) mass is 332 g/mol. The average Bonchev–Trinajstić information content (AvgIpc) is 2.49. The van der Waals surface area contributed by atoms with Gasteiger partial charge in [-0.15, -0.1) is 0 Å². The number of rotatable bonds is 7. The van der Waals surface area contributed by atoms with E-state index in [-0.39, 0.29) is 0 Å². The molecule has 20 heavy (non-hydrogen) atoms. The van der Waals surface area contributed by atoms with E-state index >= 15 is 0 Å². The fraction of sp³-hybridized carbons (Fsp3) is 0.474. The normalized spacial score (nSPS) is 12.3. The van der Waals surface area contributed by atoms with E-state index in [4.69, 9.17) is 0 Å². The minimum absolute atomic E-state index is 1.08. The van der Waals surface area contributed by atoms with E-state index in [0.717, 1.165) is 6.42 Å². The molecule has 0 unspecified atom stereocenters. The molecule has 0 spiro atoms. The number of allylic oxidation sites excluding steroid dienone is 3. The van der Waals surface area contributed by atoms with Gasteiger partial charge in [-0.1, -0.05) is 0 Å². The molecule has 1 rings (SSSR count). The first-order valence-electron chi connectivity index (χ1n) is 7.97. The topological polar surface area (TPSA) is 0 Å². The van der Waals surface area contributed by atoms with Crippen molar-refractivity contribution >= 4 is 18.8 Å². The van der Waals surface area contributed by atoms with E-state index < -0.39 is 13.3 Å². The molecule has 0 N–H and O–H groups in total. The molecule has 1 aromatic carbocycles. The second kappa shape index (κ2) is 8.51. The first-order valence-corrected chi connectivity index (χ1v) is 13.6. The summed E-state index contributed by atoms with van der Waals surface area (Å²) in [7, 11) is 0. The molecule has 0 heterocycles. The van der Waals surface area contributed by atoms with Crippen molar-refractivity contribution in [2.45, 2.75) is 56.8 Å². The predicted octanol–water partition coefficient (Wildman–Crippen LogP) is 6.47. The van der Waals surface area contributed by atoms with Crippen LogP contribution in [0, 0.1) is 0 Å². The standard InChI is InChI=1S/C19H30Ge/c1-6-20(7-2,8-3)16-19(15-14-17(4)5)18-12-10-9-11-13-18/h9-14,16H,6-8,15H2,1-5H3/b19-16+. The third-order valence-corrected chi connectivity index (χ3v) is 15.3. The third-order valence-electron chi connectivity index (χ3n) is 4.47. The van der Waals surface area contributed by atoms with Gasteiger partial charge in [-0.05, 0) is 0 Å². The molecule has 0 bridgehead atoms. The van der Waals surface area contributed by atoms with Crippen LogP contribution in [0.1, 0.15) is 46.6 Å². The molecule has 0 saturated carbocycles. The van der Waals surface area contributed by atoms with Gasteiger partial charge in [0.2, 0.25) is 0 Å². The van der Waals surface area contributed by atoms with Crippen LogP contribution in [0.4, 0.5) is 0 Å². The van der Waals surface area contributed by atoms with Gasteiger partial charge in [0, 0.05) is 0 Å². The first-order chi connectivity index (χ1) is 9.56. The minimum atomic E-state index is -1.78. The summed E-state index contributed by atoms with van der Waals surface area (Å²) in [5.41, 5.74) is 4.38. The van der Waals surface area contributed by atoms with Crippen LogP contribution in [0.25, 0.3) is 5.57 Å². The maximum absolute atomic E-state index is 2.73. The summed E-state index contributed by atoms with van der Waals surface area (Å²) in [5, 5.41) is 4.20. The fourth-order valence-corrected chi connectivity index (χ4v) is 9.23. The van der Waals surface area contributed by atoms with Gasteiger partial charge in [0.15, 0.2) is 0 Å². The summed E-state index contributed by atoms with van der Waals surface area (Å²) < 4.78 is 0. The van der Waals surface area contributed by atoms with Crippen molar-refractivity contribution in [2.75, 3.05) is 0 Å². The van der Waals surface area contributed by atoms with Crippen molar-refractivity contribution in [2.24, 2.45) is 0 Å². The molecule has 0 saturated heterocycles. The Morgan fingerprint density at radius 2 is 1.50 bits per heavy atom. The maximum atomic E-state index is 2.73. The SMILES string of the molecule is C[CH2][Ge](/[CH]=C(\CC=C(C)C)c1ccccc1)([CH2]C)[CH2]C. The zero-order chi connectivity index (χ0) is 15.0. The first kappa shape index (κ1) is 17.3. The molecule has 0 aliphatic carbocycles. The number of hydrogen-bond donors (Lipinski definition) is 0. The molecule has 1 aromatic rings. The van der Waals surface area contributed by atoms with Crippen LogP contribution in [0.3, 0.4) is 0 Å². The number of hydrogen-bond acceptors (Lipinski definition) is 0. The van der Waals surface area contributed by atoms with Gasteiger partial charge >= 0.3 is 128 Å². The third kappa shape index (κ3) is 4.97. The molecule has 0 aliphatic rings. The van der Waals surface area contributed by atoms with Crippen molar-refractivity contribution < 1.29 is 0 Å². The molecule has 110 valence electrons. The molecule has 0 aromatic heterocycles. The van der Waals surface area contributed by atoms with Crippen LogP contribution in [0.2, 0.25) is 15.8 Å². The number of benzene rings is 1. The van der Waals surface area contributed by atoms with E-state index in [0.29, 0.717) is 0 Å². The van der Waals surface area contributed by atoms with Crippen LogP contribution in [-0.4, -0.2) is 13.3 Å². The Bertz CT molecular complexity index is 438. The Hall–Kier alpha value is -0.757. The van der Waals surface area contributed by atoms with Gasteiger partial charge in [-0.25, -0.2) is 0 Å². The quantitative estimate of drug-likeness (QED) is 0.396. The summed E-state index contributed by atoms with van der Waals surface area (Å²) in [5.74, 6) is 0. The van der Waals surface area contributed by atoms with Gasteiger partial charge in [0.1, 0.15) is 0 Å². The summed E-state index contributed by atoms with van der Waals surface area (Å²) in [6, 6.07) is 10.9. The van der Waals surface area contributed by atoms with E-state index in [1.807, 2.05) is 0 Å². The molecule has 0 atom stereocenters. The Kier molecular flexibility index (Phi) is 7.36. The van der Waals surface area contributed by atoms with Crippen LogP contribution in [0.5, 0.6) is 0 Å². The van der Waals surface area contributed by atoms with E-state index in [1.54, 1.807) is 5.57 Å². The Morgan fingerprint density at radius 3 is 1.95 bits per heavy atom. The van der Waals surface area contributed by atoms with Gasteiger partial charge in [0.05, 0.1) is 0 Å². The van der Waals surface area contributed by atoms with E-state index in [9.17, 15) is 0 Å². The van der Waals surface area contributed by atoms with Crippen molar-refractivity contribution in [1.29, 1.82) is 0 Å². The van der Waals surface area contributed by atoms with Gasteiger partial charge in [0.25, 0.3) is 0 Å². The second-order valence-electron chi connectivity index (χ2n) is 5.94. The summed E-state index contributed by atoms with van der Waals surface area (Å²) in [6.45, 7) is 11.6. The Labute approximate surface area is 128 Å². The van der Waals surface area contributed by atoms with Crippen LogP contribution < -0.4 is 0 Å². The molecular formula is C19H30Ge. The van der Waals surface area contributed by atoms with Gasteiger partial charge < -0.3 is 0 Å². The van der Waals surface area contributed by atoms with Crippen molar-refractivity contribution in [3.8, 4) is 0 Å². The zero-order valence-corrected chi connectivity index (χ0v) is 16.0. The molecule has 0 nitrogen and oxygen atoms in total. The Balaban J connectivity index is 3.19. The Morgan fingerprint density at radius 1 is 0.950 bits per heavy atom. The van der Waals surface area contributed by atoms with Crippen LogP contribution >= 0.6 is 0 Å². The molecule has 0 amide bonds. The summed E-state index contributed by atoms with van der Waals surface area (Å²) >= 11 is -1.78. The predicted molar refractivity (Wildman–Crippen MR) is 95.7 cm³/mol. The zero-order valence-electron chi connectivity index (χ0n) is 13.9. The van der Waals surface area contributed by atoms with Gasteiger partial charge in [-0.3, -0.25) is 0 Å². The molecule has 1 heteroatoms. The van der Waals surface area contributed by atoms with Gasteiger partial charge in [-0.2, -0.15) is 0 Å². The molecule has 0 radical (unpaired) electrons. The second-order valence-corrected chi connectivity index (χ2v) is 16.7. The summed E-state index contributed by atoms with van der Waals surface area (Å²) in [6.07, 6.45) is 3.45. The van der Waals surface area contributed by atoms with Crippen molar-refractivity contribution in [1.82, 2.24) is 0 Å².